The Morgan fingerprint density at radius 3 is 2.35 bits per heavy atom. The summed E-state index contributed by atoms with van der Waals surface area (Å²) in [5, 5.41) is 11.0. The van der Waals surface area contributed by atoms with Crippen molar-refractivity contribution >= 4 is 23.7 Å². The smallest absolute Gasteiger partial charge is 0.410 e. The first-order chi connectivity index (χ1) is 21.1. The molecule has 0 bridgehead atoms. The fourth-order valence-electron chi connectivity index (χ4n) is 6.61. The molecule has 10 nitrogen and oxygen atoms in total. The zero-order valence-corrected chi connectivity index (χ0v) is 25.8. The normalized spacial score (nSPS) is 21.5. The summed E-state index contributed by atoms with van der Waals surface area (Å²) < 4.78 is 5.50. The third-order valence-corrected chi connectivity index (χ3v) is 9.30. The van der Waals surface area contributed by atoms with Crippen molar-refractivity contribution in [2.75, 3.05) is 68.3 Å². The molecule has 2 heterocycles. The molecule has 5 rings (SSSR count). The second-order valence-electron chi connectivity index (χ2n) is 12.6. The van der Waals surface area contributed by atoms with Crippen molar-refractivity contribution in [2.45, 2.75) is 76.9 Å². The van der Waals surface area contributed by atoms with Crippen LogP contribution in [0.4, 0.5) is 22.4 Å². The Hall–Kier alpha value is -3.11. The summed E-state index contributed by atoms with van der Waals surface area (Å²) in [4.78, 5) is 25.6. The molecular formula is C33H52N8O2. The van der Waals surface area contributed by atoms with Crippen molar-refractivity contribution in [3.05, 3.63) is 42.0 Å². The Balaban J connectivity index is 0.958. The summed E-state index contributed by atoms with van der Waals surface area (Å²) in [5.41, 5.74) is 7.15. The lowest BCUT2D eigenvalue weighted by Gasteiger charge is -2.34. The maximum Gasteiger partial charge on any atom is 0.410 e. The topological polar surface area (TPSA) is 121 Å². The van der Waals surface area contributed by atoms with Crippen LogP contribution in [0.5, 0.6) is 0 Å². The van der Waals surface area contributed by atoms with Gasteiger partial charge in [-0.15, -0.1) is 0 Å². The Morgan fingerprint density at radius 1 is 0.884 bits per heavy atom. The fourth-order valence-corrected chi connectivity index (χ4v) is 6.61. The summed E-state index contributed by atoms with van der Waals surface area (Å²) in [6.45, 7) is 6.99. The molecule has 1 amide bonds. The van der Waals surface area contributed by atoms with Crippen LogP contribution in [0.2, 0.25) is 0 Å². The highest BCUT2D eigenvalue weighted by Gasteiger charge is 2.25. The van der Waals surface area contributed by atoms with Gasteiger partial charge < -0.3 is 36.2 Å². The van der Waals surface area contributed by atoms with Gasteiger partial charge in [-0.1, -0.05) is 49.6 Å². The minimum atomic E-state index is -0.285. The number of carbonyl (C=O) groups is 1. The van der Waals surface area contributed by atoms with Crippen molar-refractivity contribution in [3.8, 4) is 0 Å². The molecular weight excluding hydrogens is 540 g/mol. The lowest BCUT2D eigenvalue weighted by molar-refractivity contribution is 0.0941. The van der Waals surface area contributed by atoms with Gasteiger partial charge >= 0.3 is 6.09 Å². The van der Waals surface area contributed by atoms with Crippen molar-refractivity contribution in [1.82, 2.24) is 25.5 Å². The average Bonchev–Trinajstić information content (AvgIpc) is 3.05. The van der Waals surface area contributed by atoms with E-state index < -0.39 is 0 Å². The van der Waals surface area contributed by atoms with Crippen LogP contribution in [0.1, 0.15) is 69.8 Å². The molecule has 2 aliphatic carbocycles. The maximum atomic E-state index is 12.5. The van der Waals surface area contributed by atoms with Crippen molar-refractivity contribution in [2.24, 2.45) is 11.8 Å². The monoisotopic (exact) mass is 592 g/mol. The lowest BCUT2D eigenvalue weighted by Crippen LogP contribution is -2.49. The van der Waals surface area contributed by atoms with E-state index >= 15 is 0 Å². The van der Waals surface area contributed by atoms with E-state index in [2.05, 4.69) is 25.8 Å². The number of ether oxygens (including phenoxy) is 1. The van der Waals surface area contributed by atoms with E-state index in [4.69, 9.17) is 15.5 Å². The maximum absolute atomic E-state index is 12.5. The average molecular weight is 593 g/mol. The third-order valence-electron chi connectivity index (χ3n) is 9.30. The van der Waals surface area contributed by atoms with Gasteiger partial charge in [0, 0.05) is 44.8 Å². The molecule has 236 valence electrons. The van der Waals surface area contributed by atoms with Gasteiger partial charge in [-0.25, -0.2) is 4.79 Å². The van der Waals surface area contributed by atoms with Gasteiger partial charge in [-0.3, -0.25) is 0 Å². The SMILES string of the molecule is Nc1cc(NCC2CCC(CNCCCNC3CCCCC3)CC2)nc(N2CCN(C(=O)OCc3ccccc3)CC2)n1. The standard InChI is InChI=1S/C33H52N8O2/c34-30-22-31(37-24-27-14-12-26(13-15-27)23-35-16-7-17-36-29-10-5-2-6-11-29)39-32(38-30)40-18-20-41(21-19-40)33(42)43-25-28-8-3-1-4-9-28/h1,3-4,8-9,22,26-27,29,35-36H,2,5-7,10-21,23-25H2,(H3,34,37,38,39). The molecule has 0 radical (unpaired) electrons. The third kappa shape index (κ3) is 10.2. The van der Waals surface area contributed by atoms with Gasteiger partial charge in [0.2, 0.25) is 5.95 Å². The summed E-state index contributed by atoms with van der Waals surface area (Å²) in [6, 6.07) is 12.3. The number of nitrogens with two attached hydrogens (primary N) is 1. The number of anilines is 3. The number of hydrogen-bond donors (Lipinski definition) is 4. The van der Waals surface area contributed by atoms with Gasteiger partial charge in [0.25, 0.3) is 0 Å². The molecule has 43 heavy (non-hydrogen) atoms. The van der Waals surface area contributed by atoms with Crippen LogP contribution < -0.4 is 26.6 Å². The zero-order valence-electron chi connectivity index (χ0n) is 25.8. The van der Waals surface area contributed by atoms with Crippen LogP contribution >= 0.6 is 0 Å². The molecule has 3 fully saturated rings. The predicted molar refractivity (Wildman–Crippen MR) is 173 cm³/mol. The van der Waals surface area contributed by atoms with Gasteiger partial charge in [0.05, 0.1) is 0 Å². The number of piperazine rings is 1. The largest absolute Gasteiger partial charge is 0.445 e. The van der Waals surface area contributed by atoms with Gasteiger partial charge in [0.1, 0.15) is 18.2 Å². The van der Waals surface area contributed by atoms with E-state index in [9.17, 15) is 4.79 Å². The van der Waals surface area contributed by atoms with Crippen LogP contribution in [0.3, 0.4) is 0 Å². The first-order valence-corrected chi connectivity index (χ1v) is 16.7. The second-order valence-corrected chi connectivity index (χ2v) is 12.6. The van der Waals surface area contributed by atoms with E-state index in [0.29, 0.717) is 43.9 Å². The summed E-state index contributed by atoms with van der Waals surface area (Å²) in [7, 11) is 0. The number of nitrogens with one attached hydrogen (secondary N) is 3. The fraction of sp³-hybridized carbons (Fsp3) is 0.667. The van der Waals surface area contributed by atoms with Crippen LogP contribution in [0.15, 0.2) is 36.4 Å². The molecule has 0 unspecified atom stereocenters. The summed E-state index contributed by atoms with van der Waals surface area (Å²) in [6.07, 6.45) is 13.0. The molecule has 0 atom stereocenters. The molecule has 0 spiro atoms. The number of rotatable bonds is 13. The molecule has 1 aromatic heterocycles. The molecule has 1 saturated heterocycles. The number of amides is 1. The second kappa shape index (κ2) is 16.7. The van der Waals surface area contributed by atoms with E-state index in [0.717, 1.165) is 49.5 Å². The van der Waals surface area contributed by atoms with Gasteiger partial charge in [-0.05, 0) is 82.0 Å². The Bertz CT molecular complexity index is 1100. The van der Waals surface area contributed by atoms with Crippen LogP contribution in [-0.4, -0.2) is 79.4 Å². The summed E-state index contributed by atoms with van der Waals surface area (Å²) in [5.74, 6) is 3.29. The minimum Gasteiger partial charge on any atom is -0.445 e. The highest BCUT2D eigenvalue weighted by molar-refractivity contribution is 5.68. The van der Waals surface area contributed by atoms with E-state index in [1.807, 2.05) is 36.4 Å². The van der Waals surface area contributed by atoms with Crippen molar-refractivity contribution in [3.63, 3.8) is 0 Å². The van der Waals surface area contributed by atoms with E-state index in [1.165, 1.54) is 64.2 Å². The molecule has 2 aromatic rings. The molecule has 2 saturated carbocycles. The van der Waals surface area contributed by atoms with Crippen LogP contribution in [-0.2, 0) is 11.3 Å². The van der Waals surface area contributed by atoms with E-state index in [-0.39, 0.29) is 12.7 Å². The Morgan fingerprint density at radius 2 is 1.60 bits per heavy atom. The van der Waals surface area contributed by atoms with Crippen molar-refractivity contribution in [1.29, 1.82) is 0 Å². The number of hydrogen-bond acceptors (Lipinski definition) is 9. The lowest BCUT2D eigenvalue weighted by atomic mass is 9.82. The number of nitrogens with zero attached hydrogens (tertiary/aromatic N) is 4. The number of benzene rings is 1. The van der Waals surface area contributed by atoms with Crippen LogP contribution in [0.25, 0.3) is 0 Å². The predicted octanol–water partition coefficient (Wildman–Crippen LogP) is 4.64. The molecule has 1 aromatic carbocycles. The van der Waals surface area contributed by atoms with E-state index in [1.54, 1.807) is 4.90 Å². The quantitative estimate of drug-likeness (QED) is 0.247. The number of aromatic nitrogens is 2. The molecule has 5 N–H and O–H groups in total. The zero-order chi connectivity index (χ0) is 29.7. The Kier molecular flexibility index (Phi) is 12.1. The number of carbonyl (C=O) groups excluding carboxylic acids is 1. The van der Waals surface area contributed by atoms with Crippen LogP contribution in [0, 0.1) is 11.8 Å². The minimum absolute atomic E-state index is 0.282. The van der Waals surface area contributed by atoms with Crippen molar-refractivity contribution < 1.29 is 9.53 Å². The summed E-state index contributed by atoms with van der Waals surface area (Å²) >= 11 is 0. The molecule has 1 aliphatic heterocycles. The number of nitrogen functional groups attached to an aromatic ring is 1. The molecule has 10 heteroatoms. The Labute approximate surface area is 257 Å². The first-order valence-electron chi connectivity index (χ1n) is 16.7. The first kappa shape index (κ1) is 31.3. The highest BCUT2D eigenvalue weighted by Crippen LogP contribution is 2.29. The molecule has 3 aliphatic rings. The highest BCUT2D eigenvalue weighted by atomic mass is 16.6. The van der Waals surface area contributed by atoms with Gasteiger partial charge in [-0.2, -0.15) is 9.97 Å². The van der Waals surface area contributed by atoms with Gasteiger partial charge in [0.15, 0.2) is 0 Å².